The van der Waals surface area contributed by atoms with Gasteiger partial charge in [0.15, 0.2) is 0 Å². The molecular weight excluding hydrogens is 256 g/mol. The highest BCUT2D eigenvalue weighted by Crippen LogP contribution is 2.20. The van der Waals surface area contributed by atoms with Crippen LogP contribution >= 0.6 is 24.4 Å². The summed E-state index contributed by atoms with van der Waals surface area (Å²) in [4.78, 5) is 0. The summed E-state index contributed by atoms with van der Waals surface area (Å²) in [5, 5.41) is 6.55. The van der Waals surface area contributed by atoms with E-state index in [1.807, 2.05) is 25.1 Å². The zero-order valence-electron chi connectivity index (χ0n) is 9.87. The number of methoxy groups -OCH3 is 2. The van der Waals surface area contributed by atoms with Gasteiger partial charge in [-0.1, -0.05) is 6.07 Å². The Morgan fingerprint density at radius 1 is 1.06 bits per heavy atom. The van der Waals surface area contributed by atoms with Crippen molar-refractivity contribution in [2.45, 2.75) is 6.92 Å². The van der Waals surface area contributed by atoms with Crippen LogP contribution in [0.25, 0.3) is 0 Å². The minimum atomic E-state index is 0.314. The van der Waals surface area contributed by atoms with Gasteiger partial charge in [-0.05, 0) is 49.1 Å². The molecule has 17 heavy (non-hydrogen) atoms. The molecule has 0 aliphatic rings. The summed E-state index contributed by atoms with van der Waals surface area (Å²) in [5.41, 5.74) is 2.74. The van der Waals surface area contributed by atoms with E-state index >= 15 is 0 Å². The van der Waals surface area contributed by atoms with E-state index in [2.05, 4.69) is 10.6 Å². The van der Waals surface area contributed by atoms with Crippen molar-refractivity contribution in [2.24, 2.45) is 0 Å². The van der Waals surface area contributed by atoms with Crippen molar-refractivity contribution >= 4 is 46.2 Å². The maximum atomic E-state index is 4.95. The quantitative estimate of drug-likeness (QED) is 0.805. The molecule has 0 amide bonds. The summed E-state index contributed by atoms with van der Waals surface area (Å²) in [6.07, 6.45) is 0. The normalized spacial score (nSPS) is 9.35. The van der Waals surface area contributed by atoms with E-state index in [1.54, 1.807) is 0 Å². The van der Waals surface area contributed by atoms with Crippen LogP contribution in [0.5, 0.6) is 0 Å². The van der Waals surface area contributed by atoms with Gasteiger partial charge in [0.05, 0.1) is 14.2 Å². The molecule has 0 aromatic heterocycles. The summed E-state index contributed by atoms with van der Waals surface area (Å²) >= 11 is 9.87. The first kappa shape index (κ1) is 13.7. The highest BCUT2D eigenvalue weighted by Gasteiger charge is 2.04. The standard InChI is InChI=1S/C11H14N2O2S2/c1-7-4-5-8(12-10(16)14-2)6-9(7)13-11(17)15-3/h4-6H,1-3H3,(H,12,16)(H,13,17). The first-order valence-corrected chi connectivity index (χ1v) is 5.69. The first-order chi connectivity index (χ1) is 8.06. The monoisotopic (exact) mass is 270 g/mol. The largest absolute Gasteiger partial charge is 0.474 e. The van der Waals surface area contributed by atoms with Crippen molar-refractivity contribution in [1.82, 2.24) is 0 Å². The molecular formula is C11H14N2O2S2. The summed E-state index contributed by atoms with van der Waals surface area (Å²) in [6, 6.07) is 5.73. The summed E-state index contributed by atoms with van der Waals surface area (Å²) in [7, 11) is 3.04. The predicted molar refractivity (Wildman–Crippen MR) is 77.6 cm³/mol. The number of hydrogen-bond acceptors (Lipinski definition) is 4. The molecule has 0 aliphatic heterocycles. The zero-order chi connectivity index (χ0) is 12.8. The lowest BCUT2D eigenvalue weighted by atomic mass is 10.2. The van der Waals surface area contributed by atoms with Gasteiger partial charge in [0.2, 0.25) is 0 Å². The summed E-state index contributed by atoms with van der Waals surface area (Å²) < 4.78 is 9.78. The number of aryl methyl sites for hydroxylation is 1. The van der Waals surface area contributed by atoms with Crippen LogP contribution in [0.3, 0.4) is 0 Å². The average Bonchev–Trinajstić information content (AvgIpc) is 2.33. The van der Waals surface area contributed by atoms with Crippen LogP contribution in [0.15, 0.2) is 18.2 Å². The SMILES string of the molecule is COC(=S)Nc1ccc(C)c(NC(=S)OC)c1. The van der Waals surface area contributed by atoms with Crippen LogP contribution in [0, 0.1) is 6.92 Å². The topological polar surface area (TPSA) is 42.5 Å². The highest BCUT2D eigenvalue weighted by atomic mass is 32.1. The molecule has 0 heterocycles. The number of thiocarbonyl (C=S) groups is 2. The molecule has 0 aliphatic carbocycles. The van der Waals surface area contributed by atoms with Crippen LogP contribution in [-0.4, -0.2) is 24.6 Å². The van der Waals surface area contributed by atoms with Gasteiger partial charge in [-0.25, -0.2) is 0 Å². The van der Waals surface area contributed by atoms with E-state index < -0.39 is 0 Å². The third-order valence-corrected chi connectivity index (χ3v) is 2.63. The molecule has 0 bridgehead atoms. The van der Waals surface area contributed by atoms with Gasteiger partial charge >= 0.3 is 0 Å². The molecule has 2 N–H and O–H groups in total. The molecule has 4 nitrogen and oxygen atoms in total. The molecule has 1 rings (SSSR count). The fourth-order valence-corrected chi connectivity index (χ4v) is 1.39. The predicted octanol–water partition coefficient (Wildman–Crippen LogP) is 2.68. The van der Waals surface area contributed by atoms with Gasteiger partial charge in [-0.3, -0.25) is 0 Å². The number of anilines is 2. The second-order valence-corrected chi connectivity index (χ2v) is 4.00. The molecule has 92 valence electrons. The maximum absolute atomic E-state index is 4.95. The third-order valence-electron chi connectivity index (χ3n) is 2.09. The number of hydrogen-bond donors (Lipinski definition) is 2. The van der Waals surface area contributed by atoms with E-state index in [4.69, 9.17) is 33.9 Å². The van der Waals surface area contributed by atoms with Crippen molar-refractivity contribution in [1.29, 1.82) is 0 Å². The number of rotatable bonds is 2. The zero-order valence-corrected chi connectivity index (χ0v) is 11.5. The Kier molecular flexibility index (Phi) is 5.11. The Labute approximate surface area is 111 Å². The Balaban J connectivity index is 2.86. The fraction of sp³-hybridized carbons (Fsp3) is 0.273. The van der Waals surface area contributed by atoms with E-state index in [1.165, 1.54) is 14.2 Å². The van der Waals surface area contributed by atoms with E-state index in [0.717, 1.165) is 16.9 Å². The first-order valence-electron chi connectivity index (χ1n) is 4.87. The molecule has 1 aromatic rings. The lowest BCUT2D eigenvalue weighted by Crippen LogP contribution is -2.13. The van der Waals surface area contributed by atoms with Crippen LogP contribution in [0.4, 0.5) is 11.4 Å². The van der Waals surface area contributed by atoms with Crippen LogP contribution in [0.2, 0.25) is 0 Å². The molecule has 0 spiro atoms. The summed E-state index contributed by atoms with van der Waals surface area (Å²) in [6.45, 7) is 1.97. The number of benzene rings is 1. The molecule has 6 heteroatoms. The average molecular weight is 270 g/mol. The molecule has 0 unspecified atom stereocenters. The van der Waals surface area contributed by atoms with Crippen LogP contribution < -0.4 is 10.6 Å². The fourth-order valence-electron chi connectivity index (χ4n) is 1.16. The van der Waals surface area contributed by atoms with Gasteiger partial charge in [0.25, 0.3) is 10.3 Å². The van der Waals surface area contributed by atoms with Crippen molar-refractivity contribution in [3.05, 3.63) is 23.8 Å². The van der Waals surface area contributed by atoms with Gasteiger partial charge in [0.1, 0.15) is 0 Å². The lowest BCUT2D eigenvalue weighted by molar-refractivity contribution is 0.413. The minimum absolute atomic E-state index is 0.314. The van der Waals surface area contributed by atoms with Crippen molar-refractivity contribution in [3.63, 3.8) is 0 Å². The Morgan fingerprint density at radius 2 is 1.65 bits per heavy atom. The van der Waals surface area contributed by atoms with Gasteiger partial charge in [-0.2, -0.15) is 0 Å². The molecule has 1 aromatic carbocycles. The molecule has 0 atom stereocenters. The molecule has 0 saturated carbocycles. The van der Waals surface area contributed by atoms with Crippen LogP contribution in [-0.2, 0) is 9.47 Å². The van der Waals surface area contributed by atoms with E-state index in [-0.39, 0.29) is 0 Å². The van der Waals surface area contributed by atoms with Gasteiger partial charge in [0, 0.05) is 11.4 Å². The van der Waals surface area contributed by atoms with E-state index in [0.29, 0.717) is 10.3 Å². The second-order valence-electron chi connectivity index (χ2n) is 3.26. The third kappa shape index (κ3) is 4.16. The van der Waals surface area contributed by atoms with Crippen molar-refractivity contribution < 1.29 is 9.47 Å². The smallest absolute Gasteiger partial charge is 0.260 e. The Bertz CT molecular complexity index is 435. The lowest BCUT2D eigenvalue weighted by Gasteiger charge is -2.12. The highest BCUT2D eigenvalue weighted by molar-refractivity contribution is 7.80. The molecule has 0 fully saturated rings. The number of nitrogens with one attached hydrogen (secondary N) is 2. The Hall–Kier alpha value is -1.40. The van der Waals surface area contributed by atoms with Crippen LogP contribution in [0.1, 0.15) is 5.56 Å². The second kappa shape index (κ2) is 6.36. The maximum Gasteiger partial charge on any atom is 0.260 e. The molecule has 0 radical (unpaired) electrons. The van der Waals surface area contributed by atoms with Crippen molar-refractivity contribution in [2.75, 3.05) is 24.9 Å². The summed E-state index contributed by atoms with van der Waals surface area (Å²) in [5.74, 6) is 0. The number of ether oxygens (including phenoxy) is 2. The van der Waals surface area contributed by atoms with Gasteiger partial charge in [-0.15, -0.1) is 0 Å². The minimum Gasteiger partial charge on any atom is -0.474 e. The Morgan fingerprint density at radius 3 is 2.24 bits per heavy atom. The molecule has 0 saturated heterocycles. The van der Waals surface area contributed by atoms with E-state index in [9.17, 15) is 0 Å². The van der Waals surface area contributed by atoms with Gasteiger partial charge < -0.3 is 20.1 Å². The van der Waals surface area contributed by atoms with Crippen molar-refractivity contribution in [3.8, 4) is 0 Å².